The number of halogens is 6. The van der Waals surface area contributed by atoms with E-state index in [9.17, 15) is 19.2 Å². The van der Waals surface area contributed by atoms with E-state index in [1.165, 1.54) is 0 Å². The van der Waals surface area contributed by atoms with E-state index in [0.29, 0.717) is 10.8 Å². The summed E-state index contributed by atoms with van der Waals surface area (Å²) in [5.74, 6) is -18.7. The molecule has 8 nitrogen and oxygen atoms in total. The largest absolute Gasteiger partial charge is 0.461 e. The predicted octanol–water partition coefficient (Wildman–Crippen LogP) is 4.06. The molecule has 2 unspecified atom stereocenters. The third-order valence-electron chi connectivity index (χ3n) is 14.1. The molecule has 240 valence electrons. The van der Waals surface area contributed by atoms with Gasteiger partial charge in [0, 0.05) is 34.4 Å². The zero-order chi connectivity index (χ0) is 31.8. The number of amides is 4. The monoisotopic (exact) mass is 646 g/mol. The van der Waals surface area contributed by atoms with Crippen molar-refractivity contribution in [1.29, 1.82) is 0 Å². The van der Waals surface area contributed by atoms with Gasteiger partial charge in [0.05, 0.1) is 36.8 Å². The number of carbonyl (C=O) groups is 4. The fraction of sp³-hybridized carbons (Fsp3) is 0.625. The molecule has 6 aliphatic heterocycles. The Bertz CT molecular complexity index is 1690. The Hall–Kier alpha value is -3.42. The van der Waals surface area contributed by atoms with Crippen molar-refractivity contribution in [3.8, 4) is 0 Å². The molecule has 2 aromatic rings. The highest BCUT2D eigenvalue weighted by Gasteiger charge is 2.97. The van der Waals surface area contributed by atoms with E-state index in [4.69, 9.17) is 9.15 Å². The second-order valence-corrected chi connectivity index (χ2v) is 15.0. The quantitative estimate of drug-likeness (QED) is 0.317. The standard InChI is InChI=1S/C32H24F6N2O6/c33-31(34,35)29-21-11-5-12-18-17(11)25(41)39(26(18)42)7-15-9-3-1-2-4-10(9)16(45-15)8-40-27(43)19-13-6-14(20(19)28(40)44)24(23(13)29)30(46-29,22(12)21)32(36,37)38/h1-4,11-14,17-24H,5-8H2/t11-,12+,13+,14-,17+,18-,19-,20+,21+,22-,23-,24+,29?,30?. The van der Waals surface area contributed by atoms with Crippen molar-refractivity contribution in [3.05, 3.63) is 35.8 Å². The highest BCUT2D eigenvalue weighted by atomic mass is 19.4. The second-order valence-electron chi connectivity index (χ2n) is 15.0. The lowest BCUT2D eigenvalue weighted by atomic mass is 9.46. The molecule has 4 aliphatic carbocycles. The van der Waals surface area contributed by atoms with E-state index in [1.54, 1.807) is 24.3 Å². The van der Waals surface area contributed by atoms with Gasteiger partial charge in [0.15, 0.2) is 11.2 Å². The van der Waals surface area contributed by atoms with E-state index in [1.807, 2.05) is 0 Å². The molecule has 8 fully saturated rings. The summed E-state index contributed by atoms with van der Waals surface area (Å²) in [6, 6.07) is 6.82. The van der Waals surface area contributed by atoms with Crippen molar-refractivity contribution in [2.24, 2.45) is 71.0 Å². The first-order valence-corrected chi connectivity index (χ1v) is 15.8. The molecule has 0 N–H and O–H groups in total. The predicted molar refractivity (Wildman–Crippen MR) is 137 cm³/mol. The van der Waals surface area contributed by atoms with Gasteiger partial charge in [-0.05, 0) is 36.5 Å². The molecule has 14 heteroatoms. The smallest absolute Gasteiger partial charge is 0.418 e. The van der Waals surface area contributed by atoms with Gasteiger partial charge in [-0.1, -0.05) is 24.3 Å². The van der Waals surface area contributed by atoms with Crippen LogP contribution in [-0.4, -0.2) is 57.0 Å². The number of imide groups is 2. The number of hydrogen-bond acceptors (Lipinski definition) is 6. The van der Waals surface area contributed by atoms with Gasteiger partial charge >= 0.3 is 12.4 Å². The Labute approximate surface area is 255 Å². The normalized spacial score (nSPS) is 48.9. The minimum atomic E-state index is -5.26. The molecule has 7 heterocycles. The second kappa shape index (κ2) is 7.34. The van der Waals surface area contributed by atoms with Crippen LogP contribution in [0, 0.1) is 71.0 Å². The molecule has 0 radical (unpaired) electrons. The Balaban J connectivity index is 1.19. The number of hydrogen-bond donors (Lipinski definition) is 0. The van der Waals surface area contributed by atoms with E-state index in [-0.39, 0.29) is 37.5 Å². The molecular weight excluding hydrogens is 622 g/mol. The molecule has 12 rings (SSSR count). The minimum Gasteiger partial charge on any atom is -0.461 e. The Morgan fingerprint density at radius 1 is 0.587 bits per heavy atom. The Kier molecular flexibility index (Phi) is 4.25. The van der Waals surface area contributed by atoms with Crippen molar-refractivity contribution in [1.82, 2.24) is 9.80 Å². The molecule has 0 spiro atoms. The van der Waals surface area contributed by atoms with E-state index < -0.39 is 118 Å². The zero-order valence-electron chi connectivity index (χ0n) is 23.7. The van der Waals surface area contributed by atoms with Crippen LogP contribution >= 0.6 is 0 Å². The van der Waals surface area contributed by atoms with Gasteiger partial charge in [0.25, 0.3) is 0 Å². The van der Waals surface area contributed by atoms with Crippen LogP contribution in [-0.2, 0) is 37.0 Å². The molecule has 1 aromatic heterocycles. The molecule has 10 aliphatic rings. The number of ether oxygens (including phenoxy) is 1. The van der Waals surface area contributed by atoms with Gasteiger partial charge in [-0.2, -0.15) is 26.3 Å². The molecule has 4 amide bonds. The fourth-order valence-corrected chi connectivity index (χ4v) is 13.4. The van der Waals surface area contributed by atoms with Crippen molar-refractivity contribution >= 4 is 34.4 Å². The summed E-state index contributed by atoms with van der Waals surface area (Å²) in [6.45, 7) is -0.734. The first kappa shape index (κ1) is 26.6. The molecule has 14 bridgehead atoms. The van der Waals surface area contributed by atoms with Crippen LogP contribution in [0.15, 0.2) is 28.7 Å². The van der Waals surface area contributed by atoms with Crippen molar-refractivity contribution in [2.75, 3.05) is 0 Å². The number of fused-ring (bicyclic) bond motifs is 1. The Morgan fingerprint density at radius 3 is 1.22 bits per heavy atom. The van der Waals surface area contributed by atoms with Crippen LogP contribution in [0.3, 0.4) is 0 Å². The van der Waals surface area contributed by atoms with Gasteiger partial charge in [0.2, 0.25) is 23.6 Å². The average Bonchev–Trinajstić information content (AvgIpc) is 3.84. The molecule has 4 saturated heterocycles. The number of benzene rings is 1. The SMILES string of the molecule is O=C1[C@@H]2[C@@H]3C[C@@H]4[C@@H]2C(=O)N1Cc1oc(c2ccccc12)CN1C(=O)[C@@H]2[C@@H]5C[C@H]([C@@H]2C1=O)[C@H]1[C@@H]5C2(C(F)(F)F)OC1(C(F)(F)F)[C@H]3[C@H]42. The topological polar surface area (TPSA) is 97.1 Å². The van der Waals surface area contributed by atoms with Crippen molar-refractivity contribution < 1.29 is 54.7 Å². The summed E-state index contributed by atoms with van der Waals surface area (Å²) >= 11 is 0. The number of carbonyl (C=O) groups excluding carboxylic acids is 4. The first-order valence-electron chi connectivity index (χ1n) is 15.8. The van der Waals surface area contributed by atoms with E-state index in [2.05, 4.69) is 0 Å². The first-order chi connectivity index (χ1) is 21.7. The summed E-state index contributed by atoms with van der Waals surface area (Å²) in [4.78, 5) is 57.9. The van der Waals surface area contributed by atoms with Gasteiger partial charge in [-0.25, -0.2) is 0 Å². The highest BCUT2D eigenvalue weighted by Crippen LogP contribution is 2.86. The maximum absolute atomic E-state index is 15.7. The average molecular weight is 647 g/mol. The molecular formula is C32H24F6N2O6. The van der Waals surface area contributed by atoms with Gasteiger partial charge in [-0.15, -0.1) is 0 Å². The van der Waals surface area contributed by atoms with Gasteiger partial charge in [0.1, 0.15) is 11.5 Å². The van der Waals surface area contributed by atoms with Crippen LogP contribution in [0.4, 0.5) is 26.3 Å². The summed E-state index contributed by atoms with van der Waals surface area (Å²) < 4.78 is 106. The van der Waals surface area contributed by atoms with Crippen molar-refractivity contribution in [3.63, 3.8) is 0 Å². The van der Waals surface area contributed by atoms with E-state index >= 15 is 26.3 Å². The van der Waals surface area contributed by atoms with Crippen LogP contribution in [0.25, 0.3) is 10.8 Å². The van der Waals surface area contributed by atoms with Crippen LogP contribution in [0.5, 0.6) is 0 Å². The lowest BCUT2D eigenvalue weighted by Crippen LogP contribution is -2.66. The molecule has 4 saturated carbocycles. The summed E-state index contributed by atoms with van der Waals surface area (Å²) in [5.41, 5.74) is -6.50. The van der Waals surface area contributed by atoms with Gasteiger partial charge < -0.3 is 9.15 Å². The van der Waals surface area contributed by atoms with Crippen LogP contribution in [0.2, 0.25) is 0 Å². The molecule has 1 aromatic carbocycles. The van der Waals surface area contributed by atoms with Crippen LogP contribution < -0.4 is 0 Å². The van der Waals surface area contributed by atoms with E-state index in [0.717, 1.165) is 9.80 Å². The van der Waals surface area contributed by atoms with Crippen molar-refractivity contribution in [2.45, 2.75) is 49.5 Å². The molecule has 14 atom stereocenters. The maximum Gasteiger partial charge on any atom is 0.418 e. The summed E-state index contributed by atoms with van der Waals surface area (Å²) in [6.07, 6.45) is -10.7. The number of alkyl halides is 6. The fourth-order valence-electron chi connectivity index (χ4n) is 13.4. The number of nitrogens with zero attached hydrogens (tertiary/aromatic N) is 2. The third-order valence-corrected chi connectivity index (χ3v) is 14.1. The number of furan rings is 1. The molecule has 46 heavy (non-hydrogen) atoms. The summed E-state index contributed by atoms with van der Waals surface area (Å²) in [7, 11) is 0. The maximum atomic E-state index is 15.7. The van der Waals surface area contributed by atoms with Crippen LogP contribution in [0.1, 0.15) is 24.4 Å². The lowest BCUT2D eigenvalue weighted by Gasteiger charge is -2.53. The third kappa shape index (κ3) is 2.38. The Morgan fingerprint density at radius 2 is 0.913 bits per heavy atom. The van der Waals surface area contributed by atoms with Gasteiger partial charge in [-0.3, -0.25) is 29.0 Å². The lowest BCUT2D eigenvalue weighted by molar-refractivity contribution is -0.329. The zero-order valence-corrected chi connectivity index (χ0v) is 23.7. The highest BCUT2D eigenvalue weighted by molar-refractivity contribution is 6.07. The minimum absolute atomic E-state index is 0.115. The number of rotatable bonds is 0. The summed E-state index contributed by atoms with van der Waals surface area (Å²) in [5, 5.41) is 1.06.